The predicted octanol–water partition coefficient (Wildman–Crippen LogP) is 2.24. The van der Waals surface area contributed by atoms with Gasteiger partial charge in [-0.15, -0.1) is 0 Å². The SMILES string of the molecule is CO[13CH]1[13CH]=[13CH][13C](Br)=[13CH][13CH2]1. The van der Waals surface area contributed by atoms with Crippen LogP contribution >= 0.6 is 15.9 Å². The van der Waals surface area contributed by atoms with Crippen molar-refractivity contribution < 1.29 is 4.74 Å². The molecule has 0 fully saturated rings. The van der Waals surface area contributed by atoms with Crippen LogP contribution in [0.4, 0.5) is 0 Å². The lowest BCUT2D eigenvalue weighted by molar-refractivity contribution is 0.142. The first-order valence-corrected chi connectivity index (χ1v) is 3.69. The van der Waals surface area contributed by atoms with Crippen LogP contribution in [0.25, 0.3) is 0 Å². The van der Waals surface area contributed by atoms with Crippen molar-refractivity contribution in [1.29, 1.82) is 0 Å². The van der Waals surface area contributed by atoms with Gasteiger partial charge in [-0.3, -0.25) is 0 Å². The molecule has 1 unspecified atom stereocenters. The summed E-state index contributed by atoms with van der Waals surface area (Å²) in [5.74, 6) is 0. The second-order valence-corrected chi connectivity index (χ2v) is 2.87. The quantitative estimate of drug-likeness (QED) is 0.583. The number of hydrogen-bond acceptors (Lipinski definition) is 1. The molecule has 1 nitrogen and oxygen atoms in total. The van der Waals surface area contributed by atoms with Crippen LogP contribution in [0.3, 0.4) is 0 Å². The van der Waals surface area contributed by atoms with Crippen LogP contribution in [0, 0.1) is 0 Å². The zero-order valence-corrected chi connectivity index (χ0v) is 6.89. The highest BCUT2D eigenvalue weighted by atomic mass is 79.9. The highest BCUT2D eigenvalue weighted by Crippen LogP contribution is 2.16. The molecular formula is C7H9BrO. The zero-order chi connectivity index (χ0) is 6.69. The van der Waals surface area contributed by atoms with E-state index in [2.05, 4.69) is 22.0 Å². The summed E-state index contributed by atoms with van der Waals surface area (Å²) in [6.07, 6.45) is 7.43. The lowest BCUT2D eigenvalue weighted by Crippen LogP contribution is -2.06. The molecular weight excluding hydrogens is 186 g/mol. The predicted molar refractivity (Wildman–Crippen MR) is 41.6 cm³/mol. The number of hydrogen-bond donors (Lipinski definition) is 0. The van der Waals surface area contributed by atoms with E-state index in [9.17, 15) is 0 Å². The van der Waals surface area contributed by atoms with Crippen molar-refractivity contribution in [2.45, 2.75) is 12.5 Å². The van der Waals surface area contributed by atoms with E-state index in [-0.39, 0.29) is 6.10 Å². The second-order valence-electron chi connectivity index (χ2n) is 1.96. The van der Waals surface area contributed by atoms with Crippen molar-refractivity contribution in [3.63, 3.8) is 0 Å². The number of rotatable bonds is 1. The molecule has 50 valence electrons. The fraction of sp³-hybridized carbons (Fsp3) is 0.429. The Morgan fingerprint density at radius 1 is 1.78 bits per heavy atom. The monoisotopic (exact) mass is 194 g/mol. The van der Waals surface area contributed by atoms with Gasteiger partial charge in [-0.25, -0.2) is 0 Å². The fourth-order valence-corrected chi connectivity index (χ4v) is 1.09. The Kier molecular flexibility index (Phi) is 2.49. The van der Waals surface area contributed by atoms with Gasteiger partial charge in [-0.1, -0.05) is 28.1 Å². The standard InChI is InChI=1S/C7H9BrO/c1-9-7-4-2-6(8)3-5-7/h2-4,7H,5H2,1H3/i2+1,3+1,4+1,5+1,6+1,7+1. The minimum atomic E-state index is 0.284. The Morgan fingerprint density at radius 3 is 3.00 bits per heavy atom. The third-order valence-corrected chi connectivity index (χ3v) is 1.91. The lowest BCUT2D eigenvalue weighted by Gasteiger charge is -2.10. The first kappa shape index (κ1) is 7.03. The molecule has 0 aromatic rings. The maximum absolute atomic E-state index is 5.09. The van der Waals surface area contributed by atoms with Gasteiger partial charge in [-0.05, 0) is 12.5 Å². The maximum atomic E-state index is 5.09. The summed E-state index contributed by atoms with van der Waals surface area (Å²) in [5, 5.41) is 0. The Morgan fingerprint density at radius 2 is 2.56 bits per heavy atom. The highest BCUT2D eigenvalue weighted by Gasteiger charge is 2.03. The minimum absolute atomic E-state index is 0.284. The molecule has 1 aliphatic carbocycles. The van der Waals surface area contributed by atoms with E-state index in [1.165, 1.54) is 0 Å². The Hall–Kier alpha value is -0.0800. The molecule has 0 heterocycles. The molecule has 1 atom stereocenters. The van der Waals surface area contributed by atoms with E-state index in [1.54, 1.807) is 7.11 Å². The van der Waals surface area contributed by atoms with Gasteiger partial charge < -0.3 is 4.74 Å². The Labute approximate surface area is 63.5 Å². The zero-order valence-electron chi connectivity index (χ0n) is 5.30. The van der Waals surface area contributed by atoms with Gasteiger partial charge in [0.15, 0.2) is 0 Å². The van der Waals surface area contributed by atoms with Gasteiger partial charge >= 0.3 is 0 Å². The van der Waals surface area contributed by atoms with E-state index >= 15 is 0 Å². The minimum Gasteiger partial charge on any atom is -0.377 e. The Bertz CT molecular complexity index is 149. The molecule has 0 saturated carbocycles. The van der Waals surface area contributed by atoms with Crippen LogP contribution < -0.4 is 0 Å². The molecule has 0 bridgehead atoms. The molecule has 0 aromatic carbocycles. The van der Waals surface area contributed by atoms with Crippen LogP contribution in [0.1, 0.15) is 6.42 Å². The molecule has 0 radical (unpaired) electrons. The average molecular weight is 195 g/mol. The summed E-state index contributed by atoms with van der Waals surface area (Å²) < 4.78 is 6.24. The van der Waals surface area contributed by atoms with Crippen LogP contribution in [-0.4, -0.2) is 13.2 Å². The van der Waals surface area contributed by atoms with Crippen molar-refractivity contribution in [2.24, 2.45) is 0 Å². The number of halogens is 1. The van der Waals surface area contributed by atoms with E-state index in [0.29, 0.717) is 0 Å². The summed E-state index contributed by atoms with van der Waals surface area (Å²) in [7, 11) is 1.72. The molecule has 9 heavy (non-hydrogen) atoms. The number of methoxy groups -OCH3 is 1. The molecule has 0 saturated heterocycles. The van der Waals surface area contributed by atoms with Crippen molar-refractivity contribution in [3.8, 4) is 0 Å². The topological polar surface area (TPSA) is 9.23 Å². The van der Waals surface area contributed by atoms with Gasteiger partial charge in [-0.2, -0.15) is 0 Å². The molecule has 1 aliphatic rings. The van der Waals surface area contributed by atoms with Gasteiger partial charge in [0.05, 0.1) is 6.10 Å². The fourth-order valence-electron chi connectivity index (χ4n) is 0.749. The number of ether oxygens (including phenoxy) is 1. The summed E-state index contributed by atoms with van der Waals surface area (Å²) >= 11 is 3.36. The van der Waals surface area contributed by atoms with Crippen LogP contribution in [0.15, 0.2) is 22.7 Å². The second kappa shape index (κ2) is 3.18. The van der Waals surface area contributed by atoms with Crippen molar-refractivity contribution in [1.82, 2.24) is 0 Å². The Balaban J connectivity index is 2.48. The van der Waals surface area contributed by atoms with Crippen molar-refractivity contribution in [3.05, 3.63) is 22.7 Å². The van der Waals surface area contributed by atoms with Gasteiger partial charge in [0.2, 0.25) is 0 Å². The van der Waals surface area contributed by atoms with Gasteiger partial charge in [0, 0.05) is 11.6 Å². The van der Waals surface area contributed by atoms with Crippen LogP contribution in [0.2, 0.25) is 0 Å². The molecule has 0 N–H and O–H groups in total. The summed E-state index contributed by atoms with van der Waals surface area (Å²) in [4.78, 5) is 0. The van der Waals surface area contributed by atoms with Gasteiger partial charge in [0.25, 0.3) is 0 Å². The third-order valence-electron chi connectivity index (χ3n) is 1.32. The highest BCUT2D eigenvalue weighted by molar-refractivity contribution is 9.11. The van der Waals surface area contributed by atoms with E-state index in [4.69, 9.17) is 4.74 Å². The third kappa shape index (κ3) is 1.95. The summed E-state index contributed by atoms with van der Waals surface area (Å²) in [5.41, 5.74) is 0. The van der Waals surface area contributed by atoms with Crippen molar-refractivity contribution in [2.75, 3.05) is 7.11 Å². The van der Waals surface area contributed by atoms with E-state index < -0.39 is 0 Å². The molecule has 0 aliphatic heterocycles. The number of allylic oxidation sites excluding steroid dienone is 2. The lowest BCUT2D eigenvalue weighted by atomic mass is 11.1. The van der Waals surface area contributed by atoms with E-state index in [0.717, 1.165) is 10.9 Å². The molecule has 1 rings (SSSR count). The molecule has 2 heteroatoms. The molecule has 0 amide bonds. The summed E-state index contributed by atoms with van der Waals surface area (Å²) in [6.45, 7) is 0. The van der Waals surface area contributed by atoms with Gasteiger partial charge in [0.1, 0.15) is 0 Å². The van der Waals surface area contributed by atoms with Crippen LogP contribution in [0.5, 0.6) is 0 Å². The van der Waals surface area contributed by atoms with E-state index in [1.807, 2.05) is 12.2 Å². The summed E-state index contributed by atoms with van der Waals surface area (Å²) in [6, 6.07) is 0. The first-order valence-electron chi connectivity index (χ1n) is 2.89. The first-order chi connectivity index (χ1) is 4.33. The normalized spacial score (nSPS) is 26.0. The molecule has 0 spiro atoms. The van der Waals surface area contributed by atoms with Crippen LogP contribution in [-0.2, 0) is 4.74 Å². The average Bonchev–Trinajstić information content (AvgIpc) is 1.90. The largest absolute Gasteiger partial charge is 0.377 e. The van der Waals surface area contributed by atoms with Crippen molar-refractivity contribution >= 4 is 15.9 Å². The maximum Gasteiger partial charge on any atom is 0.0790 e. The smallest absolute Gasteiger partial charge is 0.0790 e. The molecule has 0 aromatic heterocycles.